The second-order valence-electron chi connectivity index (χ2n) is 3.25. The predicted molar refractivity (Wildman–Crippen MR) is 53.6 cm³/mol. The molecule has 0 rings (SSSR count). The Balaban J connectivity index is -0.000000405. The van der Waals surface area contributed by atoms with Gasteiger partial charge in [-0.25, -0.2) is 0 Å². The van der Waals surface area contributed by atoms with Gasteiger partial charge in [0.25, 0.3) is 0 Å². The Morgan fingerprint density at radius 3 is 2.25 bits per heavy atom. The average molecular weight is 199 g/mol. The third-order valence-electron chi connectivity index (χ3n) is 1.70. The van der Waals surface area contributed by atoms with Crippen LogP contribution in [0.2, 0.25) is 0 Å². The van der Waals surface area contributed by atoms with Gasteiger partial charge < -0.3 is 19.3 Å². The Morgan fingerprint density at radius 2 is 1.92 bits per heavy atom. The van der Waals surface area contributed by atoms with Crippen molar-refractivity contribution in [3.8, 4) is 0 Å². The molecule has 0 aliphatic heterocycles. The van der Waals surface area contributed by atoms with Gasteiger partial charge in [-0.1, -0.05) is 24.5 Å². The van der Waals surface area contributed by atoms with Gasteiger partial charge in [0.15, 0.2) is 0 Å². The summed E-state index contributed by atoms with van der Waals surface area (Å²) in [5, 5.41) is 0. The predicted octanol–water partition coefficient (Wildman–Crippen LogP) is 0.216. The van der Waals surface area contributed by atoms with Crippen molar-refractivity contribution < 1.29 is 12.4 Å². The van der Waals surface area contributed by atoms with Gasteiger partial charge >= 0.3 is 23.1 Å². The molecule has 0 unspecified atom stereocenters. The molecule has 1 atom stereocenters. The van der Waals surface area contributed by atoms with E-state index < -0.39 is 0 Å². The van der Waals surface area contributed by atoms with E-state index >= 15 is 0 Å². The maximum Gasteiger partial charge on any atom is 2.00 e. The van der Waals surface area contributed by atoms with Crippen LogP contribution in [0.25, 0.3) is 0 Å². The second kappa shape index (κ2) is 11.8. The molecule has 0 aromatic heterocycles. The van der Waals surface area contributed by atoms with Gasteiger partial charge in [0.1, 0.15) is 0 Å². The van der Waals surface area contributed by atoms with E-state index in [1.54, 1.807) is 0 Å². The van der Waals surface area contributed by atoms with E-state index in [0.717, 1.165) is 12.3 Å². The van der Waals surface area contributed by atoms with Gasteiger partial charge in [0.2, 0.25) is 0 Å². The van der Waals surface area contributed by atoms with Crippen LogP contribution in [0.4, 0.5) is 0 Å². The van der Waals surface area contributed by atoms with Crippen LogP contribution in [0, 0.1) is 12.8 Å². The van der Waals surface area contributed by atoms with Gasteiger partial charge in [-0.15, -0.1) is 0 Å². The molecule has 0 saturated heterocycles. The summed E-state index contributed by atoms with van der Waals surface area (Å²) >= 11 is 0. The fraction of sp³-hybridized carbons (Fsp3) is 0.700. The molecule has 0 amide bonds. The number of rotatable bonds is 4. The van der Waals surface area contributed by atoms with E-state index in [-0.39, 0.29) is 35.5 Å². The first-order valence-corrected chi connectivity index (χ1v) is 4.09. The molecule has 68 valence electrons. The van der Waals surface area contributed by atoms with Gasteiger partial charge in [-0.2, -0.15) is 6.42 Å². The van der Waals surface area contributed by atoms with Crippen molar-refractivity contribution >= 4 is 23.1 Å². The molecule has 0 nitrogen and oxygen atoms in total. The van der Waals surface area contributed by atoms with Crippen LogP contribution in [-0.2, 0) is 0 Å². The summed E-state index contributed by atoms with van der Waals surface area (Å²) in [6, 6.07) is 0. The standard InChI is InChI=1S/C10H19.ClH.Mg/c1-5-10(4)8-6-7-9(2)3;;/h7,10H,1,5-6,8H2,2-4H3;1H;/q-1;;+2/p-1/t10-;;/m0../s1. The molecule has 12 heavy (non-hydrogen) atoms. The van der Waals surface area contributed by atoms with E-state index in [0.29, 0.717) is 0 Å². The molecule has 0 heterocycles. The van der Waals surface area contributed by atoms with Crippen molar-refractivity contribution in [1.82, 2.24) is 0 Å². The van der Waals surface area contributed by atoms with Crippen LogP contribution in [0.3, 0.4) is 0 Å². The van der Waals surface area contributed by atoms with Crippen molar-refractivity contribution in [1.29, 1.82) is 0 Å². The molecule has 0 spiro atoms. The Kier molecular flexibility index (Phi) is 18.2. The normalized spacial score (nSPS) is 10.7. The Bertz CT molecular complexity index is 106. The Hall–Kier alpha value is 0.796. The molecule has 0 aliphatic carbocycles. The fourth-order valence-electron chi connectivity index (χ4n) is 0.801. The van der Waals surface area contributed by atoms with Crippen LogP contribution in [0.1, 0.15) is 40.0 Å². The minimum Gasteiger partial charge on any atom is -1.00 e. The molecule has 0 bridgehead atoms. The quantitative estimate of drug-likeness (QED) is 0.345. The number of hydrogen-bond donors (Lipinski definition) is 0. The molecule has 0 aliphatic rings. The largest absolute Gasteiger partial charge is 2.00 e. The number of allylic oxidation sites excluding steroid dienone is 2. The molecule has 0 aromatic carbocycles. The fourth-order valence-corrected chi connectivity index (χ4v) is 0.801. The van der Waals surface area contributed by atoms with Crippen LogP contribution < -0.4 is 12.4 Å². The van der Waals surface area contributed by atoms with Gasteiger partial charge in [0, 0.05) is 0 Å². The van der Waals surface area contributed by atoms with Gasteiger partial charge in [0.05, 0.1) is 0 Å². The molecule has 0 aromatic rings. The maximum atomic E-state index is 3.86. The summed E-state index contributed by atoms with van der Waals surface area (Å²) < 4.78 is 0. The molecule has 0 fully saturated rings. The minimum atomic E-state index is 0. The average Bonchev–Trinajstić information content (AvgIpc) is 1.87. The maximum absolute atomic E-state index is 3.86. The summed E-state index contributed by atoms with van der Waals surface area (Å²) in [7, 11) is 0. The van der Waals surface area contributed by atoms with Crippen molar-refractivity contribution in [2.24, 2.45) is 5.92 Å². The summed E-state index contributed by atoms with van der Waals surface area (Å²) in [6.07, 6.45) is 5.87. The third-order valence-corrected chi connectivity index (χ3v) is 1.70. The topological polar surface area (TPSA) is 0 Å². The van der Waals surface area contributed by atoms with E-state index in [4.69, 9.17) is 0 Å². The zero-order chi connectivity index (χ0) is 7.98. The molecule has 0 N–H and O–H groups in total. The van der Waals surface area contributed by atoms with E-state index in [1.807, 2.05) is 0 Å². The first-order valence-electron chi connectivity index (χ1n) is 4.09. The molecule has 2 heteroatoms. The van der Waals surface area contributed by atoms with Crippen LogP contribution in [0.15, 0.2) is 11.6 Å². The summed E-state index contributed by atoms with van der Waals surface area (Å²) in [5.41, 5.74) is 1.43. The molecule has 0 radical (unpaired) electrons. The number of halogens is 1. The first kappa shape index (κ1) is 18.6. The minimum absolute atomic E-state index is 0. The summed E-state index contributed by atoms with van der Waals surface area (Å²) in [6.45, 7) is 10.4. The Morgan fingerprint density at radius 1 is 1.42 bits per heavy atom. The first-order chi connectivity index (χ1) is 4.66. The number of hydrogen-bond acceptors (Lipinski definition) is 0. The molecule has 0 saturated carbocycles. The zero-order valence-corrected chi connectivity index (χ0v) is 10.7. The molecular formula is C10H19ClMg. The second-order valence-corrected chi connectivity index (χ2v) is 3.25. The monoisotopic (exact) mass is 198 g/mol. The van der Waals surface area contributed by atoms with Gasteiger partial charge in [-0.05, 0) is 26.7 Å². The van der Waals surface area contributed by atoms with Crippen molar-refractivity contribution in [2.45, 2.75) is 40.0 Å². The van der Waals surface area contributed by atoms with E-state index in [1.165, 1.54) is 18.4 Å². The van der Waals surface area contributed by atoms with Crippen LogP contribution in [0.5, 0.6) is 0 Å². The van der Waals surface area contributed by atoms with Crippen LogP contribution >= 0.6 is 0 Å². The SMILES string of the molecule is [CH2-]C[C@H](C)CCC=C(C)C.[Cl-].[Mg+2]. The smallest absolute Gasteiger partial charge is 1.00 e. The zero-order valence-electron chi connectivity index (χ0n) is 8.57. The van der Waals surface area contributed by atoms with Crippen molar-refractivity contribution in [3.63, 3.8) is 0 Å². The summed E-state index contributed by atoms with van der Waals surface area (Å²) in [4.78, 5) is 0. The van der Waals surface area contributed by atoms with Gasteiger partial charge in [-0.3, -0.25) is 0 Å². The third kappa shape index (κ3) is 13.4. The van der Waals surface area contributed by atoms with E-state index in [2.05, 4.69) is 33.8 Å². The summed E-state index contributed by atoms with van der Waals surface area (Å²) in [5.74, 6) is 0.788. The van der Waals surface area contributed by atoms with Crippen molar-refractivity contribution in [3.05, 3.63) is 18.6 Å². The van der Waals surface area contributed by atoms with Crippen molar-refractivity contribution in [2.75, 3.05) is 0 Å². The Labute approximate surface area is 99.8 Å². The van der Waals surface area contributed by atoms with E-state index in [9.17, 15) is 0 Å². The van der Waals surface area contributed by atoms with Crippen LogP contribution in [-0.4, -0.2) is 23.1 Å². The molecular weight excluding hydrogens is 180 g/mol.